The van der Waals surface area contributed by atoms with E-state index >= 15 is 0 Å². The van der Waals surface area contributed by atoms with Gasteiger partial charge in [0.15, 0.2) is 11.9 Å². The van der Waals surface area contributed by atoms with Crippen LogP contribution in [0.4, 0.5) is 0 Å². The van der Waals surface area contributed by atoms with Gasteiger partial charge in [0.2, 0.25) is 5.78 Å². The van der Waals surface area contributed by atoms with Crippen molar-refractivity contribution in [1.82, 2.24) is 0 Å². The van der Waals surface area contributed by atoms with Crippen LogP contribution in [0, 0.1) is 0 Å². The summed E-state index contributed by atoms with van der Waals surface area (Å²) in [6, 6.07) is 26.2. The van der Waals surface area contributed by atoms with Crippen LogP contribution in [0.2, 0.25) is 0 Å². The molecule has 1 heterocycles. The second-order valence-electron chi connectivity index (χ2n) is 6.77. The number of Topliss-reactive ketones (excluding diaryl/α,β-unsaturated/α-hetero) is 2. The number of hydrogen-bond donors (Lipinski definition) is 0. The van der Waals surface area contributed by atoms with Crippen molar-refractivity contribution < 1.29 is 14.3 Å². The molecule has 0 bridgehead atoms. The first-order valence-corrected chi connectivity index (χ1v) is 8.95. The molecule has 1 aliphatic heterocycles. The number of ether oxygens (including phenoxy) is 1. The van der Waals surface area contributed by atoms with Gasteiger partial charge in [-0.05, 0) is 5.56 Å². The Kier molecular flexibility index (Phi) is 3.54. The summed E-state index contributed by atoms with van der Waals surface area (Å²) in [5, 5.41) is 0. The van der Waals surface area contributed by atoms with Crippen molar-refractivity contribution in [3.63, 3.8) is 0 Å². The summed E-state index contributed by atoms with van der Waals surface area (Å²) in [6.07, 6.45) is -0.739. The molecule has 27 heavy (non-hydrogen) atoms. The van der Waals surface area contributed by atoms with Gasteiger partial charge in [0, 0.05) is 16.7 Å². The molecule has 3 heteroatoms. The zero-order valence-electron chi connectivity index (χ0n) is 14.5. The summed E-state index contributed by atoms with van der Waals surface area (Å²) in [7, 11) is 0. The van der Waals surface area contributed by atoms with E-state index in [0.29, 0.717) is 22.5 Å². The molecule has 0 radical (unpaired) electrons. The third-order valence-corrected chi connectivity index (χ3v) is 5.24. The Morgan fingerprint density at radius 2 is 1.33 bits per heavy atom. The smallest absolute Gasteiger partial charge is 0.204 e. The minimum atomic E-state index is -0.739. The Hall–Kier alpha value is -3.46. The molecule has 3 nitrogen and oxygen atoms in total. The van der Waals surface area contributed by atoms with Gasteiger partial charge >= 0.3 is 0 Å². The van der Waals surface area contributed by atoms with Crippen molar-refractivity contribution in [1.29, 1.82) is 0 Å². The third kappa shape index (κ3) is 2.36. The van der Waals surface area contributed by atoms with Gasteiger partial charge < -0.3 is 4.74 Å². The van der Waals surface area contributed by atoms with Gasteiger partial charge in [0.1, 0.15) is 5.76 Å². The number of fused-ring (bicyclic) bond motifs is 2. The summed E-state index contributed by atoms with van der Waals surface area (Å²) in [6.45, 7) is 0. The van der Waals surface area contributed by atoms with Crippen LogP contribution in [0.5, 0.6) is 0 Å². The highest BCUT2D eigenvalue weighted by Crippen LogP contribution is 2.49. The quantitative estimate of drug-likeness (QED) is 0.644. The van der Waals surface area contributed by atoms with Crippen LogP contribution in [-0.4, -0.2) is 17.7 Å². The van der Waals surface area contributed by atoms with Gasteiger partial charge in [-0.1, -0.05) is 84.9 Å². The van der Waals surface area contributed by atoms with E-state index in [2.05, 4.69) is 0 Å². The fourth-order valence-corrected chi connectivity index (χ4v) is 4.00. The normalized spacial score (nSPS) is 20.2. The van der Waals surface area contributed by atoms with E-state index in [9.17, 15) is 9.59 Å². The van der Waals surface area contributed by atoms with Gasteiger partial charge in [0.25, 0.3) is 0 Å². The lowest BCUT2D eigenvalue weighted by atomic mass is 9.83. The first kappa shape index (κ1) is 15.8. The van der Waals surface area contributed by atoms with E-state index in [1.165, 1.54) is 0 Å². The number of benzene rings is 3. The van der Waals surface area contributed by atoms with E-state index in [4.69, 9.17) is 4.74 Å². The number of carbonyl (C=O) groups excluding carboxylic acids is 2. The van der Waals surface area contributed by atoms with E-state index in [1.807, 2.05) is 72.8 Å². The predicted octanol–water partition coefficient (Wildman–Crippen LogP) is 4.66. The molecule has 0 unspecified atom stereocenters. The molecule has 0 N–H and O–H groups in total. The highest BCUT2D eigenvalue weighted by Gasteiger charge is 2.49. The fraction of sp³-hybridized carbons (Fsp3) is 0.0833. The fourth-order valence-electron chi connectivity index (χ4n) is 4.00. The van der Waals surface area contributed by atoms with Crippen LogP contribution in [0.1, 0.15) is 37.8 Å². The van der Waals surface area contributed by atoms with Crippen molar-refractivity contribution in [2.75, 3.05) is 0 Å². The summed E-state index contributed by atoms with van der Waals surface area (Å²) >= 11 is 0. The molecule has 1 aliphatic carbocycles. The molecule has 3 aromatic rings. The molecular formula is C24H16O3. The van der Waals surface area contributed by atoms with Crippen LogP contribution >= 0.6 is 0 Å². The van der Waals surface area contributed by atoms with Crippen LogP contribution < -0.4 is 0 Å². The van der Waals surface area contributed by atoms with Crippen LogP contribution in [0.15, 0.2) is 90.5 Å². The standard InChI is InChI=1S/C24H16O3/c25-21(16-11-5-2-6-12-16)24-19(15-9-3-1-4-10-15)20-22(26)17-13-7-8-14-18(17)23(20)27-24/h1-14,19,24H/t19-,24-/m1/s1. The molecule has 0 fully saturated rings. The summed E-state index contributed by atoms with van der Waals surface area (Å²) in [4.78, 5) is 26.3. The molecule has 0 spiro atoms. The molecule has 3 aromatic carbocycles. The van der Waals surface area contributed by atoms with Crippen molar-refractivity contribution >= 4 is 17.3 Å². The first-order chi connectivity index (χ1) is 13.3. The lowest BCUT2D eigenvalue weighted by Crippen LogP contribution is -2.29. The van der Waals surface area contributed by atoms with Gasteiger partial charge in [-0.15, -0.1) is 0 Å². The number of hydrogen-bond acceptors (Lipinski definition) is 3. The van der Waals surface area contributed by atoms with Crippen LogP contribution in [0.25, 0.3) is 5.76 Å². The zero-order valence-corrected chi connectivity index (χ0v) is 14.5. The molecule has 0 aromatic heterocycles. The minimum absolute atomic E-state index is 0.0437. The van der Waals surface area contributed by atoms with E-state index in [0.717, 1.165) is 11.1 Å². The van der Waals surface area contributed by atoms with E-state index in [-0.39, 0.29) is 11.6 Å². The SMILES string of the molecule is O=C1C2=C(O[C@@H](C(=O)c3ccccc3)[C@@H]2c2ccccc2)c2ccccc21. The summed E-state index contributed by atoms with van der Waals surface area (Å²) in [5.74, 6) is -0.00510. The monoisotopic (exact) mass is 352 g/mol. The Balaban J connectivity index is 1.65. The summed E-state index contributed by atoms with van der Waals surface area (Å²) < 4.78 is 6.17. The molecule has 130 valence electrons. The van der Waals surface area contributed by atoms with Gasteiger partial charge in [0.05, 0.1) is 11.5 Å². The minimum Gasteiger partial charge on any atom is -0.480 e. The average molecular weight is 352 g/mol. The highest BCUT2D eigenvalue weighted by molar-refractivity contribution is 6.22. The van der Waals surface area contributed by atoms with Gasteiger partial charge in [-0.2, -0.15) is 0 Å². The molecule has 2 atom stereocenters. The molecular weight excluding hydrogens is 336 g/mol. The van der Waals surface area contributed by atoms with Crippen molar-refractivity contribution in [3.8, 4) is 0 Å². The van der Waals surface area contributed by atoms with Crippen molar-refractivity contribution in [2.45, 2.75) is 12.0 Å². The number of ketones is 2. The predicted molar refractivity (Wildman–Crippen MR) is 103 cm³/mol. The molecule has 0 amide bonds. The van der Waals surface area contributed by atoms with Gasteiger partial charge in [-0.3, -0.25) is 9.59 Å². The molecule has 0 saturated heterocycles. The zero-order chi connectivity index (χ0) is 18.4. The maximum absolute atomic E-state index is 13.2. The maximum atomic E-state index is 13.2. The second kappa shape index (κ2) is 6.06. The Labute approximate surface area is 156 Å². The van der Waals surface area contributed by atoms with Crippen LogP contribution in [-0.2, 0) is 4.74 Å². The lowest BCUT2D eigenvalue weighted by molar-refractivity contribution is 0.0750. The molecule has 5 rings (SSSR count). The number of carbonyl (C=O) groups is 2. The second-order valence-corrected chi connectivity index (χ2v) is 6.77. The highest BCUT2D eigenvalue weighted by atomic mass is 16.5. The maximum Gasteiger partial charge on any atom is 0.204 e. The Morgan fingerprint density at radius 1 is 0.741 bits per heavy atom. The summed E-state index contributed by atoms with van der Waals surface area (Å²) in [5.41, 5.74) is 3.52. The van der Waals surface area contributed by atoms with E-state index in [1.54, 1.807) is 12.1 Å². The Morgan fingerprint density at radius 3 is 2.04 bits per heavy atom. The molecule has 0 saturated carbocycles. The average Bonchev–Trinajstić information content (AvgIpc) is 3.25. The van der Waals surface area contributed by atoms with Gasteiger partial charge in [-0.25, -0.2) is 0 Å². The first-order valence-electron chi connectivity index (χ1n) is 8.95. The topological polar surface area (TPSA) is 43.4 Å². The van der Waals surface area contributed by atoms with Crippen molar-refractivity contribution in [2.24, 2.45) is 0 Å². The third-order valence-electron chi connectivity index (χ3n) is 5.24. The largest absolute Gasteiger partial charge is 0.480 e. The Bertz CT molecular complexity index is 1080. The van der Waals surface area contributed by atoms with Crippen LogP contribution in [0.3, 0.4) is 0 Å². The number of rotatable bonds is 3. The van der Waals surface area contributed by atoms with E-state index < -0.39 is 12.0 Å². The lowest BCUT2D eigenvalue weighted by Gasteiger charge is -2.22. The molecule has 2 aliphatic rings. The van der Waals surface area contributed by atoms with Crippen molar-refractivity contribution in [3.05, 3.63) is 113 Å².